The Hall–Kier alpha value is -2.45. The molecule has 0 bridgehead atoms. The van der Waals surface area contributed by atoms with E-state index >= 15 is 0 Å². The minimum atomic E-state index is -0.514. The van der Waals surface area contributed by atoms with Crippen LogP contribution in [0.5, 0.6) is 0 Å². The minimum Gasteiger partial charge on any atom is -0.444 e. The average molecular weight is 402 g/mol. The van der Waals surface area contributed by atoms with E-state index in [4.69, 9.17) is 10.5 Å². The van der Waals surface area contributed by atoms with E-state index in [-0.39, 0.29) is 17.9 Å². The fraction of sp³-hybridized carbons (Fsp3) is 0.571. The quantitative estimate of drug-likeness (QED) is 0.573. The zero-order chi connectivity index (χ0) is 21.2. The first kappa shape index (κ1) is 21.3. The standard InChI is InChI=1S/C21H30N4O4/c1-20(2,3)29-19(28)24-11-8-21(22,9-12-24)14-23-10-13-25-17(26)15-6-4-5-7-16(15)18(25)27/h4-7,23H,8-14,22H2,1-3H3. The molecule has 2 aliphatic rings. The second-order valence-corrected chi connectivity index (χ2v) is 8.81. The van der Waals surface area contributed by atoms with Gasteiger partial charge in [0, 0.05) is 38.3 Å². The van der Waals surface area contributed by atoms with Crippen LogP contribution in [0.25, 0.3) is 0 Å². The molecule has 3 rings (SSSR count). The highest BCUT2D eigenvalue weighted by molar-refractivity contribution is 6.21. The number of hydrogen-bond donors (Lipinski definition) is 2. The molecule has 2 heterocycles. The van der Waals surface area contributed by atoms with Gasteiger partial charge in [-0.3, -0.25) is 14.5 Å². The Bertz CT molecular complexity index is 759. The van der Waals surface area contributed by atoms with Crippen molar-refractivity contribution in [1.29, 1.82) is 0 Å². The summed E-state index contributed by atoms with van der Waals surface area (Å²) < 4.78 is 5.41. The summed E-state index contributed by atoms with van der Waals surface area (Å²) in [6, 6.07) is 6.87. The number of ether oxygens (including phenoxy) is 1. The molecule has 0 unspecified atom stereocenters. The number of hydrogen-bond acceptors (Lipinski definition) is 6. The molecule has 3 amide bonds. The Morgan fingerprint density at radius 3 is 2.21 bits per heavy atom. The van der Waals surface area contributed by atoms with Gasteiger partial charge in [-0.1, -0.05) is 12.1 Å². The molecule has 0 spiro atoms. The van der Waals surface area contributed by atoms with Crippen molar-refractivity contribution in [2.75, 3.05) is 32.7 Å². The highest BCUT2D eigenvalue weighted by Gasteiger charge is 2.36. The Labute approximate surface area is 171 Å². The fourth-order valence-electron chi connectivity index (χ4n) is 3.61. The van der Waals surface area contributed by atoms with Crippen LogP contribution >= 0.6 is 0 Å². The number of nitrogens with zero attached hydrogens (tertiary/aromatic N) is 2. The summed E-state index contributed by atoms with van der Waals surface area (Å²) in [7, 11) is 0. The summed E-state index contributed by atoms with van der Waals surface area (Å²) >= 11 is 0. The lowest BCUT2D eigenvalue weighted by atomic mass is 9.88. The van der Waals surface area contributed by atoms with Gasteiger partial charge in [0.25, 0.3) is 11.8 Å². The van der Waals surface area contributed by atoms with Crippen molar-refractivity contribution in [3.63, 3.8) is 0 Å². The van der Waals surface area contributed by atoms with Crippen molar-refractivity contribution in [3.05, 3.63) is 35.4 Å². The lowest BCUT2D eigenvalue weighted by molar-refractivity contribution is 0.0169. The van der Waals surface area contributed by atoms with Crippen molar-refractivity contribution < 1.29 is 19.1 Å². The monoisotopic (exact) mass is 402 g/mol. The zero-order valence-corrected chi connectivity index (χ0v) is 17.4. The van der Waals surface area contributed by atoms with Gasteiger partial charge in [0.15, 0.2) is 0 Å². The molecule has 1 aromatic rings. The molecule has 0 saturated carbocycles. The number of piperidine rings is 1. The van der Waals surface area contributed by atoms with E-state index in [0.29, 0.717) is 56.7 Å². The first-order chi connectivity index (χ1) is 13.6. The Morgan fingerprint density at radius 1 is 1.14 bits per heavy atom. The van der Waals surface area contributed by atoms with Gasteiger partial charge in [0.05, 0.1) is 11.1 Å². The molecule has 0 aliphatic carbocycles. The van der Waals surface area contributed by atoms with E-state index in [1.54, 1.807) is 29.2 Å². The van der Waals surface area contributed by atoms with E-state index in [1.165, 1.54) is 4.90 Å². The lowest BCUT2D eigenvalue weighted by Gasteiger charge is -2.39. The Balaban J connectivity index is 1.42. The molecule has 0 radical (unpaired) electrons. The zero-order valence-electron chi connectivity index (χ0n) is 17.4. The third kappa shape index (κ3) is 4.94. The maximum absolute atomic E-state index is 12.4. The van der Waals surface area contributed by atoms with Gasteiger partial charge in [-0.25, -0.2) is 4.79 Å². The Morgan fingerprint density at radius 2 is 1.69 bits per heavy atom. The van der Waals surface area contributed by atoms with Gasteiger partial charge in [-0.2, -0.15) is 0 Å². The van der Waals surface area contributed by atoms with Crippen LogP contribution in [-0.2, 0) is 4.74 Å². The van der Waals surface area contributed by atoms with Crippen molar-refractivity contribution >= 4 is 17.9 Å². The number of benzene rings is 1. The third-order valence-electron chi connectivity index (χ3n) is 5.28. The second-order valence-electron chi connectivity index (χ2n) is 8.81. The summed E-state index contributed by atoms with van der Waals surface area (Å²) in [5, 5.41) is 3.27. The van der Waals surface area contributed by atoms with Gasteiger partial charge < -0.3 is 20.7 Å². The topological polar surface area (TPSA) is 105 Å². The second kappa shape index (κ2) is 8.12. The van der Waals surface area contributed by atoms with E-state index < -0.39 is 11.1 Å². The number of likely N-dealkylation sites (tertiary alicyclic amines) is 1. The molecule has 158 valence electrons. The molecule has 1 aromatic carbocycles. The van der Waals surface area contributed by atoms with Gasteiger partial charge in [0.2, 0.25) is 0 Å². The number of amides is 3. The van der Waals surface area contributed by atoms with E-state index in [2.05, 4.69) is 5.32 Å². The van der Waals surface area contributed by atoms with E-state index in [0.717, 1.165) is 0 Å². The van der Waals surface area contributed by atoms with Crippen LogP contribution in [0.2, 0.25) is 0 Å². The highest BCUT2D eigenvalue weighted by atomic mass is 16.6. The molecule has 1 fully saturated rings. The van der Waals surface area contributed by atoms with Crippen LogP contribution in [0.3, 0.4) is 0 Å². The molecule has 1 saturated heterocycles. The number of carbonyl (C=O) groups is 3. The predicted molar refractivity (Wildman–Crippen MR) is 109 cm³/mol. The van der Waals surface area contributed by atoms with Crippen LogP contribution in [0.1, 0.15) is 54.3 Å². The SMILES string of the molecule is CC(C)(C)OC(=O)N1CCC(N)(CNCCN2C(=O)c3ccccc3C2=O)CC1. The van der Waals surface area contributed by atoms with Crippen molar-refractivity contribution in [1.82, 2.24) is 15.1 Å². The van der Waals surface area contributed by atoms with Crippen molar-refractivity contribution in [2.45, 2.75) is 44.8 Å². The minimum absolute atomic E-state index is 0.250. The molecular weight excluding hydrogens is 372 g/mol. The number of imide groups is 1. The largest absolute Gasteiger partial charge is 0.444 e. The first-order valence-electron chi connectivity index (χ1n) is 10.0. The number of nitrogens with two attached hydrogens (primary N) is 1. The van der Waals surface area contributed by atoms with Crippen LogP contribution in [0, 0.1) is 0 Å². The molecule has 0 aromatic heterocycles. The molecule has 3 N–H and O–H groups in total. The molecule has 0 atom stereocenters. The van der Waals surface area contributed by atoms with Gasteiger partial charge in [-0.15, -0.1) is 0 Å². The third-order valence-corrected chi connectivity index (χ3v) is 5.28. The summed E-state index contributed by atoms with van der Waals surface area (Å²) in [6.45, 7) is 7.96. The molecular formula is C21H30N4O4. The number of fused-ring (bicyclic) bond motifs is 1. The van der Waals surface area contributed by atoms with Crippen molar-refractivity contribution in [3.8, 4) is 0 Å². The maximum atomic E-state index is 12.4. The van der Waals surface area contributed by atoms with E-state index in [9.17, 15) is 14.4 Å². The van der Waals surface area contributed by atoms with Crippen LogP contribution < -0.4 is 11.1 Å². The average Bonchev–Trinajstić information content (AvgIpc) is 2.89. The molecule has 8 heteroatoms. The number of nitrogens with one attached hydrogen (secondary N) is 1. The molecule has 2 aliphatic heterocycles. The highest BCUT2D eigenvalue weighted by Crippen LogP contribution is 2.23. The van der Waals surface area contributed by atoms with Crippen LogP contribution in [-0.4, -0.2) is 71.6 Å². The van der Waals surface area contributed by atoms with E-state index in [1.807, 2.05) is 20.8 Å². The fourth-order valence-corrected chi connectivity index (χ4v) is 3.61. The smallest absolute Gasteiger partial charge is 0.410 e. The van der Waals surface area contributed by atoms with Gasteiger partial charge in [0.1, 0.15) is 5.60 Å². The van der Waals surface area contributed by atoms with Gasteiger partial charge in [-0.05, 0) is 45.7 Å². The lowest BCUT2D eigenvalue weighted by Crippen LogP contribution is -2.57. The molecule has 29 heavy (non-hydrogen) atoms. The van der Waals surface area contributed by atoms with Crippen LogP contribution in [0.15, 0.2) is 24.3 Å². The summed E-state index contributed by atoms with van der Waals surface area (Å²) in [5.41, 5.74) is 6.45. The Kier molecular flexibility index (Phi) is 5.95. The van der Waals surface area contributed by atoms with Crippen molar-refractivity contribution in [2.24, 2.45) is 5.73 Å². The summed E-state index contributed by atoms with van der Waals surface area (Å²) in [6.07, 6.45) is 1.01. The first-order valence-corrected chi connectivity index (χ1v) is 10.0. The van der Waals surface area contributed by atoms with Gasteiger partial charge >= 0.3 is 6.09 Å². The van der Waals surface area contributed by atoms with Crippen LogP contribution in [0.4, 0.5) is 4.79 Å². The summed E-state index contributed by atoms with van der Waals surface area (Å²) in [4.78, 5) is 39.9. The molecule has 8 nitrogen and oxygen atoms in total. The number of rotatable bonds is 5. The normalized spacial score (nSPS) is 18.8. The number of carbonyl (C=O) groups excluding carboxylic acids is 3. The summed E-state index contributed by atoms with van der Waals surface area (Å²) in [5.74, 6) is -0.499. The maximum Gasteiger partial charge on any atom is 0.410 e. The predicted octanol–water partition coefficient (Wildman–Crippen LogP) is 1.60.